The standard InChI is InChI=1S/C27H33F2N7O4/c1-16(18-11-22(37)31-14-18)39-24-23-20(32-15-36(23)25(28)29)12-19(33-24)17-5-6-21(30-13-17)34-7-9-35(10-8-34)26(38)40-27(2,3)4/h5-6,12-13,15-16,18,25H,7-11,14H2,1-4H3,(H,31,37)/t16-,18-/m1/s1. The van der Waals surface area contributed by atoms with Gasteiger partial charge in [-0.05, 0) is 45.9 Å². The van der Waals surface area contributed by atoms with Crippen LogP contribution in [0.4, 0.5) is 19.4 Å². The van der Waals surface area contributed by atoms with Gasteiger partial charge in [0.2, 0.25) is 11.8 Å². The normalized spacial score (nSPS) is 18.8. The van der Waals surface area contributed by atoms with Gasteiger partial charge in [-0.3, -0.25) is 9.36 Å². The zero-order chi connectivity index (χ0) is 28.6. The minimum atomic E-state index is -2.82. The van der Waals surface area contributed by atoms with Gasteiger partial charge in [-0.2, -0.15) is 8.78 Å². The Morgan fingerprint density at radius 3 is 2.50 bits per heavy atom. The Hall–Kier alpha value is -4.03. The van der Waals surface area contributed by atoms with Crippen LogP contribution in [0.5, 0.6) is 5.88 Å². The van der Waals surface area contributed by atoms with Gasteiger partial charge in [0, 0.05) is 56.8 Å². The molecule has 1 N–H and O–H groups in total. The Balaban J connectivity index is 1.34. The molecule has 11 nitrogen and oxygen atoms in total. The lowest BCUT2D eigenvalue weighted by atomic mass is 10.0. The summed E-state index contributed by atoms with van der Waals surface area (Å²) in [5.74, 6) is 0.605. The number of aromatic nitrogens is 4. The lowest BCUT2D eigenvalue weighted by molar-refractivity contribution is -0.119. The molecule has 2 amide bonds. The molecule has 40 heavy (non-hydrogen) atoms. The number of rotatable bonds is 6. The molecular formula is C27H33F2N7O4. The number of alkyl halides is 2. The first-order valence-corrected chi connectivity index (χ1v) is 13.3. The molecule has 5 rings (SSSR count). The van der Waals surface area contributed by atoms with Crippen LogP contribution in [0.2, 0.25) is 0 Å². The third kappa shape index (κ3) is 5.92. The molecule has 3 aromatic heterocycles. The molecule has 2 saturated heterocycles. The molecule has 0 unspecified atom stereocenters. The molecule has 214 valence electrons. The van der Waals surface area contributed by atoms with E-state index in [0.29, 0.717) is 55.9 Å². The largest absolute Gasteiger partial charge is 0.473 e. The maximum atomic E-state index is 13.7. The summed E-state index contributed by atoms with van der Waals surface area (Å²) in [5.41, 5.74) is 1.00. The van der Waals surface area contributed by atoms with E-state index in [0.717, 1.165) is 16.7 Å². The van der Waals surface area contributed by atoms with Crippen molar-refractivity contribution in [3.05, 3.63) is 30.7 Å². The van der Waals surface area contributed by atoms with E-state index in [1.54, 1.807) is 24.1 Å². The van der Waals surface area contributed by atoms with Gasteiger partial charge in [-0.1, -0.05) is 0 Å². The number of hydrogen-bond donors (Lipinski definition) is 1. The van der Waals surface area contributed by atoms with Crippen molar-refractivity contribution in [3.63, 3.8) is 0 Å². The number of anilines is 1. The minimum absolute atomic E-state index is 0.0273. The highest BCUT2D eigenvalue weighted by atomic mass is 19.3. The van der Waals surface area contributed by atoms with Crippen molar-refractivity contribution in [2.45, 2.75) is 52.4 Å². The topological polar surface area (TPSA) is 115 Å². The first-order chi connectivity index (χ1) is 19.0. The van der Waals surface area contributed by atoms with E-state index >= 15 is 0 Å². The van der Waals surface area contributed by atoms with E-state index in [2.05, 4.69) is 25.2 Å². The van der Waals surface area contributed by atoms with Gasteiger partial charge in [0.25, 0.3) is 0 Å². The van der Waals surface area contributed by atoms with E-state index in [9.17, 15) is 18.4 Å². The van der Waals surface area contributed by atoms with E-state index < -0.39 is 18.3 Å². The maximum Gasteiger partial charge on any atom is 0.410 e. The van der Waals surface area contributed by atoms with Gasteiger partial charge in [0.05, 0.1) is 11.2 Å². The molecule has 13 heteroatoms. The highest BCUT2D eigenvalue weighted by Crippen LogP contribution is 2.33. The smallest absolute Gasteiger partial charge is 0.410 e. The molecule has 0 saturated carbocycles. The first-order valence-electron chi connectivity index (χ1n) is 13.3. The number of piperazine rings is 1. The molecular weight excluding hydrogens is 524 g/mol. The van der Waals surface area contributed by atoms with Crippen molar-refractivity contribution >= 4 is 28.9 Å². The van der Waals surface area contributed by atoms with Crippen molar-refractivity contribution in [2.24, 2.45) is 5.92 Å². The van der Waals surface area contributed by atoms with E-state index in [1.165, 1.54) is 0 Å². The molecule has 2 aliphatic rings. The number of carbonyl (C=O) groups excluding carboxylic acids is 2. The zero-order valence-electron chi connectivity index (χ0n) is 22.9. The van der Waals surface area contributed by atoms with Crippen LogP contribution in [0, 0.1) is 5.92 Å². The molecule has 2 fully saturated rings. The van der Waals surface area contributed by atoms with Crippen molar-refractivity contribution in [1.82, 2.24) is 29.7 Å². The van der Waals surface area contributed by atoms with Gasteiger partial charge in [0.15, 0.2) is 0 Å². The average molecular weight is 558 g/mol. The predicted octanol–water partition coefficient (Wildman–Crippen LogP) is 3.85. The van der Waals surface area contributed by atoms with Crippen molar-refractivity contribution in [2.75, 3.05) is 37.6 Å². The Morgan fingerprint density at radius 2 is 1.90 bits per heavy atom. The average Bonchev–Trinajstić information content (AvgIpc) is 3.54. The highest BCUT2D eigenvalue weighted by molar-refractivity contribution is 5.85. The van der Waals surface area contributed by atoms with Crippen LogP contribution in [0.15, 0.2) is 30.7 Å². The Bertz CT molecular complexity index is 1380. The molecule has 0 aromatic carbocycles. The van der Waals surface area contributed by atoms with Crippen LogP contribution in [0.1, 0.15) is 40.7 Å². The summed E-state index contributed by atoms with van der Waals surface area (Å²) in [6.07, 6.45) is 2.27. The van der Waals surface area contributed by atoms with Crippen LogP contribution in [-0.4, -0.2) is 80.8 Å². The zero-order valence-corrected chi connectivity index (χ0v) is 22.9. The number of carbonyl (C=O) groups is 2. The fraction of sp³-hybridized carbons (Fsp3) is 0.519. The van der Waals surface area contributed by atoms with E-state index in [4.69, 9.17) is 9.47 Å². The van der Waals surface area contributed by atoms with E-state index in [1.807, 2.05) is 32.9 Å². The van der Waals surface area contributed by atoms with Crippen molar-refractivity contribution in [3.8, 4) is 17.1 Å². The first kappa shape index (κ1) is 27.5. The summed E-state index contributed by atoms with van der Waals surface area (Å²) >= 11 is 0. The van der Waals surface area contributed by atoms with Crippen LogP contribution < -0.4 is 15.0 Å². The Morgan fingerprint density at radius 1 is 1.15 bits per heavy atom. The lowest BCUT2D eigenvalue weighted by Gasteiger charge is -2.36. The van der Waals surface area contributed by atoms with Gasteiger partial charge < -0.3 is 24.6 Å². The summed E-state index contributed by atoms with van der Waals surface area (Å²) in [7, 11) is 0. The van der Waals surface area contributed by atoms with Crippen LogP contribution in [0.3, 0.4) is 0 Å². The molecule has 3 aromatic rings. The van der Waals surface area contributed by atoms with Crippen LogP contribution in [-0.2, 0) is 9.53 Å². The summed E-state index contributed by atoms with van der Waals surface area (Å²) in [4.78, 5) is 41.2. The van der Waals surface area contributed by atoms with Gasteiger partial charge >= 0.3 is 12.6 Å². The fourth-order valence-electron chi connectivity index (χ4n) is 4.80. The van der Waals surface area contributed by atoms with Gasteiger partial charge in [0.1, 0.15) is 29.4 Å². The van der Waals surface area contributed by atoms with E-state index in [-0.39, 0.29) is 29.3 Å². The van der Waals surface area contributed by atoms with Crippen LogP contribution in [0.25, 0.3) is 22.3 Å². The lowest BCUT2D eigenvalue weighted by Crippen LogP contribution is -2.50. The summed E-state index contributed by atoms with van der Waals surface area (Å²) in [6.45, 7) is 7.21. The minimum Gasteiger partial charge on any atom is -0.473 e. The number of nitrogens with one attached hydrogen (secondary N) is 1. The number of pyridine rings is 2. The molecule has 5 heterocycles. The van der Waals surface area contributed by atoms with Crippen molar-refractivity contribution in [1.29, 1.82) is 0 Å². The molecule has 0 spiro atoms. The monoisotopic (exact) mass is 557 g/mol. The third-order valence-corrected chi connectivity index (χ3v) is 7.00. The molecule has 2 aliphatic heterocycles. The third-order valence-electron chi connectivity index (χ3n) is 7.00. The van der Waals surface area contributed by atoms with Crippen LogP contribution >= 0.6 is 0 Å². The number of fused-ring (bicyclic) bond motifs is 1. The molecule has 0 bridgehead atoms. The number of nitrogens with zero attached hydrogens (tertiary/aromatic N) is 6. The molecule has 0 radical (unpaired) electrons. The molecule has 0 aliphatic carbocycles. The van der Waals surface area contributed by atoms with Crippen molar-refractivity contribution < 1.29 is 27.8 Å². The summed E-state index contributed by atoms with van der Waals surface area (Å²) < 4.78 is 39.7. The number of hydrogen-bond acceptors (Lipinski definition) is 8. The van der Waals surface area contributed by atoms with Gasteiger partial charge in [-0.25, -0.2) is 19.7 Å². The Labute approximate surface area is 230 Å². The van der Waals surface area contributed by atoms with Gasteiger partial charge in [-0.15, -0.1) is 0 Å². The summed E-state index contributed by atoms with van der Waals surface area (Å²) in [5, 5.41) is 2.77. The second kappa shape index (κ2) is 10.9. The number of amides is 2. The summed E-state index contributed by atoms with van der Waals surface area (Å²) in [6, 6.07) is 5.34. The number of halogens is 2. The SMILES string of the molecule is C[C@@H](Oc1nc(-c2ccc(N3CCN(C(=O)OC(C)(C)C)CC3)nc2)cc2ncn(C(F)F)c12)[C@H]1CNC(=O)C1. The highest BCUT2D eigenvalue weighted by Gasteiger charge is 2.30. The predicted molar refractivity (Wildman–Crippen MR) is 143 cm³/mol. The second-order valence-electron chi connectivity index (χ2n) is 11.1. The number of ether oxygens (including phenoxy) is 2. The Kier molecular flexibility index (Phi) is 7.47. The fourth-order valence-corrected chi connectivity index (χ4v) is 4.80. The number of imidazole rings is 1. The molecule has 2 atom stereocenters. The maximum absolute atomic E-state index is 13.7. The second-order valence-corrected chi connectivity index (χ2v) is 11.1. The quantitative estimate of drug-likeness (QED) is 0.486.